The number of phenolic OH excluding ortho intramolecular Hbond substituents is 6. The van der Waals surface area contributed by atoms with Crippen LogP contribution in [0.4, 0.5) is 0 Å². The molecule has 8 nitrogen and oxygen atoms in total. The van der Waals surface area contributed by atoms with Crippen LogP contribution in [0.2, 0.25) is 0 Å². The number of rotatable bonds is 10. The molecule has 210 valence electrons. The van der Waals surface area contributed by atoms with Crippen molar-refractivity contribution in [3.63, 3.8) is 0 Å². The molecule has 0 saturated carbocycles. The smallest absolute Gasteiger partial charge is 0.200 e. The van der Waals surface area contributed by atoms with E-state index in [9.17, 15) is 40.9 Å². The molecule has 0 atom stereocenters. The molecule has 40 heavy (non-hydrogen) atoms. The van der Waals surface area contributed by atoms with Gasteiger partial charge in [-0.1, -0.05) is 61.9 Å². The Morgan fingerprint density at radius 1 is 0.525 bits per heavy atom. The van der Waals surface area contributed by atoms with Crippen molar-refractivity contribution in [3.05, 3.63) is 105 Å². The molecule has 0 aliphatic rings. The van der Waals surface area contributed by atoms with Gasteiger partial charge >= 0.3 is 0 Å². The minimum atomic E-state index is -0.715. The lowest BCUT2D eigenvalue weighted by Crippen LogP contribution is -2.05. The first kappa shape index (κ1) is 28.6. The van der Waals surface area contributed by atoms with Gasteiger partial charge in [0, 0.05) is 41.0 Å². The van der Waals surface area contributed by atoms with E-state index in [0.29, 0.717) is 35.1 Å². The Morgan fingerprint density at radius 2 is 0.925 bits per heavy atom. The van der Waals surface area contributed by atoms with Gasteiger partial charge in [0.05, 0.1) is 13.2 Å². The molecule has 0 bridgehead atoms. The van der Waals surface area contributed by atoms with Crippen LogP contribution in [0, 0.1) is 0 Å². The molecule has 8 heteroatoms. The molecule has 0 amide bonds. The fourth-order valence-electron chi connectivity index (χ4n) is 5.13. The largest absolute Gasteiger partial charge is 0.504 e. The van der Waals surface area contributed by atoms with Crippen molar-refractivity contribution in [2.24, 2.45) is 0 Å². The van der Waals surface area contributed by atoms with Crippen LogP contribution in [0.3, 0.4) is 0 Å². The monoisotopic (exact) mass is 546 g/mol. The molecule has 0 aliphatic carbocycles. The molecule has 4 rings (SSSR count). The molecule has 4 aromatic carbocycles. The van der Waals surface area contributed by atoms with E-state index in [0.717, 1.165) is 11.1 Å². The van der Waals surface area contributed by atoms with Gasteiger partial charge in [-0.15, -0.1) is 0 Å². The first-order chi connectivity index (χ1) is 19.2. The van der Waals surface area contributed by atoms with E-state index in [1.807, 2.05) is 19.1 Å². The second-order valence-corrected chi connectivity index (χ2v) is 9.99. The van der Waals surface area contributed by atoms with Crippen LogP contribution in [0.5, 0.6) is 34.5 Å². The lowest BCUT2D eigenvalue weighted by atomic mass is 9.83. The van der Waals surface area contributed by atoms with Crippen LogP contribution in [0.25, 0.3) is 0 Å². The summed E-state index contributed by atoms with van der Waals surface area (Å²) in [4.78, 5) is 0. The molecule has 0 radical (unpaired) electrons. The topological polar surface area (TPSA) is 162 Å². The molecular weight excluding hydrogens is 512 g/mol. The minimum Gasteiger partial charge on any atom is -0.504 e. The van der Waals surface area contributed by atoms with Gasteiger partial charge in [0.2, 0.25) is 11.5 Å². The van der Waals surface area contributed by atoms with Crippen molar-refractivity contribution in [2.45, 2.75) is 51.7 Å². The Bertz CT molecular complexity index is 1400. The average molecular weight is 547 g/mol. The van der Waals surface area contributed by atoms with E-state index in [1.165, 1.54) is 0 Å². The zero-order valence-corrected chi connectivity index (χ0v) is 22.2. The maximum absolute atomic E-state index is 10.9. The summed E-state index contributed by atoms with van der Waals surface area (Å²) in [5.74, 6) is -4.17. The third kappa shape index (κ3) is 5.78. The Balaban J connectivity index is 1.83. The first-order valence-corrected chi connectivity index (χ1v) is 13.1. The predicted molar refractivity (Wildman–Crippen MR) is 150 cm³/mol. The maximum atomic E-state index is 10.9. The van der Waals surface area contributed by atoms with Gasteiger partial charge in [0.15, 0.2) is 23.0 Å². The maximum Gasteiger partial charge on any atom is 0.200 e. The molecule has 8 N–H and O–H groups in total. The number of benzene rings is 4. The second-order valence-electron chi connectivity index (χ2n) is 9.99. The van der Waals surface area contributed by atoms with Crippen molar-refractivity contribution in [2.75, 3.05) is 0 Å². The highest BCUT2D eigenvalue weighted by atomic mass is 16.3. The van der Waals surface area contributed by atoms with E-state index in [-0.39, 0.29) is 37.2 Å². The SMILES string of the molecule is CCCC(c1cc(Cc2cccc(CO)c2)c(O)c(O)c1O)c1cc(Cc2cccc(CO)c2)c(O)c(O)c1O. The quantitative estimate of drug-likeness (QED) is 0.129. The zero-order valence-electron chi connectivity index (χ0n) is 22.2. The Kier molecular flexibility index (Phi) is 8.72. The molecule has 4 aromatic rings. The van der Waals surface area contributed by atoms with Crippen molar-refractivity contribution >= 4 is 0 Å². The normalized spacial score (nSPS) is 11.3. The Morgan fingerprint density at radius 3 is 1.30 bits per heavy atom. The van der Waals surface area contributed by atoms with Crippen molar-refractivity contribution in [3.8, 4) is 34.5 Å². The number of phenols is 6. The molecule has 0 aromatic heterocycles. The Hall–Kier alpha value is -4.40. The third-order valence-electron chi connectivity index (χ3n) is 7.18. The van der Waals surface area contributed by atoms with Crippen molar-refractivity contribution < 1.29 is 40.9 Å². The van der Waals surface area contributed by atoms with Gasteiger partial charge in [-0.2, -0.15) is 0 Å². The number of hydrogen-bond acceptors (Lipinski definition) is 8. The van der Waals surface area contributed by atoms with Gasteiger partial charge in [-0.3, -0.25) is 0 Å². The third-order valence-corrected chi connectivity index (χ3v) is 7.18. The summed E-state index contributed by atoms with van der Waals surface area (Å²) >= 11 is 0. The minimum absolute atomic E-state index is 0.152. The lowest BCUT2D eigenvalue weighted by molar-refractivity contribution is 0.281. The summed E-state index contributed by atoms with van der Waals surface area (Å²) in [6, 6.07) is 17.4. The highest BCUT2D eigenvalue weighted by molar-refractivity contribution is 5.65. The van der Waals surface area contributed by atoms with Gasteiger partial charge in [0.25, 0.3) is 0 Å². The van der Waals surface area contributed by atoms with Crippen LogP contribution in [-0.2, 0) is 26.1 Å². The van der Waals surface area contributed by atoms with Crippen LogP contribution in [0.15, 0.2) is 60.7 Å². The zero-order chi connectivity index (χ0) is 29.0. The van der Waals surface area contributed by atoms with Crippen LogP contribution in [-0.4, -0.2) is 40.9 Å². The molecule has 0 saturated heterocycles. The van der Waals surface area contributed by atoms with E-state index >= 15 is 0 Å². The standard InChI is InChI=1S/C32H34O8/c1-2-5-24(25-14-22(27(35)31(39)29(25)37)12-18-6-3-8-20(10-18)16-33)26-15-23(28(36)32(40)30(26)38)13-19-7-4-9-21(11-19)17-34/h3-4,6-11,14-15,24,33-40H,2,5,12-13,16-17H2,1H3. The van der Waals surface area contributed by atoms with Gasteiger partial charge < -0.3 is 40.9 Å². The summed E-state index contributed by atoms with van der Waals surface area (Å²) in [6.07, 6.45) is 1.39. The Labute approximate surface area is 232 Å². The number of aromatic hydroxyl groups is 6. The number of hydrogen-bond donors (Lipinski definition) is 8. The molecule has 0 heterocycles. The van der Waals surface area contributed by atoms with E-state index in [2.05, 4.69) is 0 Å². The van der Waals surface area contributed by atoms with Gasteiger partial charge in [-0.05, 0) is 40.8 Å². The lowest BCUT2D eigenvalue weighted by Gasteiger charge is -2.23. The molecule has 0 unspecified atom stereocenters. The summed E-state index contributed by atoms with van der Waals surface area (Å²) < 4.78 is 0. The highest BCUT2D eigenvalue weighted by Crippen LogP contribution is 2.51. The second kappa shape index (κ2) is 12.2. The summed E-state index contributed by atoms with van der Waals surface area (Å²) in [5, 5.41) is 83.5. The first-order valence-electron chi connectivity index (χ1n) is 13.1. The van der Waals surface area contributed by atoms with E-state index in [4.69, 9.17) is 0 Å². The van der Waals surface area contributed by atoms with Crippen molar-refractivity contribution in [1.82, 2.24) is 0 Å². The van der Waals surface area contributed by atoms with E-state index < -0.39 is 40.4 Å². The summed E-state index contributed by atoms with van der Waals surface area (Å²) in [6.45, 7) is 1.60. The number of aliphatic hydroxyl groups is 2. The highest BCUT2D eigenvalue weighted by Gasteiger charge is 2.28. The predicted octanol–water partition coefficient (Wildman–Crippen LogP) is 5.02. The molecule has 0 aliphatic heterocycles. The molecule has 0 spiro atoms. The van der Waals surface area contributed by atoms with Gasteiger partial charge in [-0.25, -0.2) is 0 Å². The van der Waals surface area contributed by atoms with Crippen molar-refractivity contribution in [1.29, 1.82) is 0 Å². The van der Waals surface area contributed by atoms with Crippen LogP contribution >= 0.6 is 0 Å². The summed E-state index contributed by atoms with van der Waals surface area (Å²) in [7, 11) is 0. The van der Waals surface area contributed by atoms with E-state index in [1.54, 1.807) is 48.5 Å². The molecular formula is C32H34O8. The van der Waals surface area contributed by atoms with Crippen LogP contribution in [0.1, 0.15) is 70.2 Å². The fraction of sp³-hybridized carbons (Fsp3) is 0.250. The summed E-state index contributed by atoms with van der Waals surface area (Å²) in [5.41, 5.74) is 4.02. The fourth-order valence-corrected chi connectivity index (χ4v) is 5.13. The molecule has 0 fully saturated rings. The average Bonchev–Trinajstić information content (AvgIpc) is 2.97. The van der Waals surface area contributed by atoms with Gasteiger partial charge in [0.1, 0.15) is 0 Å². The number of aliphatic hydroxyl groups excluding tert-OH is 2. The van der Waals surface area contributed by atoms with Crippen LogP contribution < -0.4 is 0 Å².